The Morgan fingerprint density at radius 1 is 1.23 bits per heavy atom. The number of aliphatic carboxylic acids is 1. The van der Waals surface area contributed by atoms with E-state index >= 15 is 0 Å². The van der Waals surface area contributed by atoms with Crippen LogP contribution in [0.15, 0.2) is 59.2 Å². The molecule has 1 N–H and O–H groups in total. The lowest BCUT2D eigenvalue weighted by atomic mass is 10.0. The van der Waals surface area contributed by atoms with Gasteiger partial charge in [0.1, 0.15) is 5.75 Å². The molecule has 0 spiro atoms. The second-order valence-electron chi connectivity index (χ2n) is 5.64. The van der Waals surface area contributed by atoms with E-state index in [0.29, 0.717) is 23.3 Å². The number of thioether (sulfide) groups is 1. The fourth-order valence-corrected chi connectivity index (χ4v) is 3.64. The number of methoxy groups -OCH3 is 1. The second kappa shape index (κ2) is 7.89. The molecule has 6 heteroatoms. The maximum Gasteiger partial charge on any atom is 0.354 e. The minimum absolute atomic E-state index is 0.0666. The molecule has 0 fully saturated rings. The molecular weight excluding hydrogens is 348 g/mol. The molecule has 0 amide bonds. The molecule has 0 bridgehead atoms. The highest BCUT2D eigenvalue weighted by molar-refractivity contribution is 8.14. The molecule has 0 unspecified atom stereocenters. The predicted molar refractivity (Wildman–Crippen MR) is 102 cm³/mol. The van der Waals surface area contributed by atoms with Crippen molar-refractivity contribution in [1.29, 1.82) is 5.26 Å². The average Bonchev–Trinajstić information content (AvgIpc) is 2.68. The summed E-state index contributed by atoms with van der Waals surface area (Å²) < 4.78 is 5.15. The highest BCUT2D eigenvalue weighted by Gasteiger charge is 2.22. The van der Waals surface area contributed by atoms with Crippen molar-refractivity contribution in [2.45, 2.75) is 6.42 Å². The molecule has 5 nitrogen and oxygen atoms in total. The number of carboxylic acid groups (broad SMARTS) is 1. The Morgan fingerprint density at radius 2 is 1.92 bits per heavy atom. The molecule has 0 radical (unpaired) electrons. The minimum atomic E-state index is -1.04. The Balaban J connectivity index is 1.89. The number of nitrogens with zero attached hydrogens (tertiary/aromatic N) is 2. The number of ether oxygens (including phenoxy) is 1. The SMILES string of the molecule is COc1ccc(CC2=NC(C(=O)O)=C(c3ccc(C#N)cc3)CS2)cc1. The monoisotopic (exact) mass is 364 g/mol. The molecule has 1 heterocycles. The first-order valence-corrected chi connectivity index (χ1v) is 8.89. The molecule has 2 aromatic rings. The molecule has 2 aromatic carbocycles. The van der Waals surface area contributed by atoms with Crippen LogP contribution in [-0.4, -0.2) is 29.0 Å². The van der Waals surface area contributed by atoms with Gasteiger partial charge in [0.2, 0.25) is 0 Å². The molecule has 130 valence electrons. The number of carbonyl (C=O) groups is 1. The van der Waals surface area contributed by atoms with Crippen LogP contribution in [0.1, 0.15) is 16.7 Å². The van der Waals surface area contributed by atoms with E-state index in [4.69, 9.17) is 10.00 Å². The maximum atomic E-state index is 11.7. The Labute approximate surface area is 155 Å². The number of hydrogen-bond donors (Lipinski definition) is 1. The molecule has 0 saturated heterocycles. The zero-order valence-corrected chi connectivity index (χ0v) is 14.9. The Hall–Kier alpha value is -3.04. The largest absolute Gasteiger partial charge is 0.497 e. The van der Waals surface area contributed by atoms with Gasteiger partial charge in [0.15, 0.2) is 5.70 Å². The van der Waals surface area contributed by atoms with Crippen molar-refractivity contribution in [3.8, 4) is 11.8 Å². The zero-order valence-electron chi connectivity index (χ0n) is 14.1. The van der Waals surface area contributed by atoms with E-state index in [1.165, 1.54) is 11.8 Å². The van der Waals surface area contributed by atoms with Crippen LogP contribution in [0, 0.1) is 11.3 Å². The first-order chi connectivity index (χ1) is 12.6. The summed E-state index contributed by atoms with van der Waals surface area (Å²) in [7, 11) is 1.62. The van der Waals surface area contributed by atoms with Crippen molar-refractivity contribution in [2.75, 3.05) is 12.9 Å². The molecule has 26 heavy (non-hydrogen) atoms. The summed E-state index contributed by atoms with van der Waals surface area (Å²) in [4.78, 5) is 16.1. The van der Waals surface area contributed by atoms with Crippen molar-refractivity contribution in [1.82, 2.24) is 0 Å². The van der Waals surface area contributed by atoms with Crippen LogP contribution in [0.4, 0.5) is 0 Å². The summed E-state index contributed by atoms with van der Waals surface area (Å²) in [5.41, 5.74) is 3.10. The minimum Gasteiger partial charge on any atom is -0.497 e. The Morgan fingerprint density at radius 3 is 2.50 bits per heavy atom. The van der Waals surface area contributed by atoms with Crippen molar-refractivity contribution >= 4 is 28.3 Å². The lowest BCUT2D eigenvalue weighted by Crippen LogP contribution is -2.13. The number of nitriles is 1. The standard InChI is InChI=1S/C20H16N2O3S/c1-25-16-8-4-13(5-9-16)10-18-22-19(20(23)24)17(12-26-18)15-6-2-14(11-21)3-7-15/h2-9H,10,12H2,1H3,(H,23,24). The molecule has 0 aliphatic carbocycles. The van der Waals surface area contributed by atoms with Crippen LogP contribution in [0.2, 0.25) is 0 Å². The maximum absolute atomic E-state index is 11.7. The van der Waals surface area contributed by atoms with Crippen molar-refractivity contribution in [3.05, 3.63) is 70.9 Å². The normalized spacial score (nSPS) is 13.8. The van der Waals surface area contributed by atoms with Crippen molar-refractivity contribution in [3.63, 3.8) is 0 Å². The zero-order chi connectivity index (χ0) is 18.5. The lowest BCUT2D eigenvalue weighted by Gasteiger charge is -2.17. The van der Waals surface area contributed by atoms with Crippen LogP contribution < -0.4 is 4.74 Å². The first-order valence-electron chi connectivity index (χ1n) is 7.91. The van der Waals surface area contributed by atoms with E-state index in [9.17, 15) is 9.90 Å². The summed E-state index contributed by atoms with van der Waals surface area (Å²) in [5, 5.41) is 19.2. The number of aliphatic imine (C=N–C) groups is 1. The fraction of sp³-hybridized carbons (Fsp3) is 0.150. The number of carboxylic acids is 1. The Bertz CT molecular complexity index is 923. The average molecular weight is 364 g/mol. The third kappa shape index (κ3) is 3.95. The number of rotatable bonds is 5. The van der Waals surface area contributed by atoms with Crippen LogP contribution >= 0.6 is 11.8 Å². The second-order valence-corrected chi connectivity index (χ2v) is 6.69. The van der Waals surface area contributed by atoms with Gasteiger partial charge in [-0.1, -0.05) is 24.3 Å². The van der Waals surface area contributed by atoms with E-state index in [-0.39, 0.29) is 5.70 Å². The lowest BCUT2D eigenvalue weighted by molar-refractivity contribution is -0.132. The molecule has 0 saturated carbocycles. The van der Waals surface area contributed by atoms with E-state index in [0.717, 1.165) is 21.9 Å². The summed E-state index contributed by atoms with van der Waals surface area (Å²) in [6, 6.07) is 16.6. The number of hydrogen-bond acceptors (Lipinski definition) is 5. The molecule has 3 rings (SSSR count). The van der Waals surface area contributed by atoms with Crippen LogP contribution in [-0.2, 0) is 11.2 Å². The van der Waals surface area contributed by atoms with Crippen LogP contribution in [0.25, 0.3) is 5.57 Å². The summed E-state index contributed by atoms with van der Waals surface area (Å²) in [5.74, 6) is 0.265. The van der Waals surface area contributed by atoms with Crippen molar-refractivity contribution in [2.24, 2.45) is 4.99 Å². The fourth-order valence-electron chi connectivity index (χ4n) is 2.60. The van der Waals surface area contributed by atoms with E-state index in [1.54, 1.807) is 31.4 Å². The van der Waals surface area contributed by atoms with Gasteiger partial charge in [0, 0.05) is 17.7 Å². The molecule has 1 aliphatic heterocycles. The molecule has 0 aromatic heterocycles. The van der Waals surface area contributed by atoms with Gasteiger partial charge in [0.25, 0.3) is 0 Å². The molecule has 0 atom stereocenters. The highest BCUT2D eigenvalue weighted by Crippen LogP contribution is 2.31. The highest BCUT2D eigenvalue weighted by atomic mass is 32.2. The summed E-state index contributed by atoms with van der Waals surface area (Å²) >= 11 is 1.53. The van der Waals surface area contributed by atoms with E-state index in [2.05, 4.69) is 11.1 Å². The van der Waals surface area contributed by atoms with Gasteiger partial charge in [0.05, 0.1) is 23.8 Å². The summed E-state index contributed by atoms with van der Waals surface area (Å²) in [6.45, 7) is 0. The third-order valence-electron chi connectivity index (χ3n) is 3.98. The first kappa shape index (κ1) is 17.8. The van der Waals surface area contributed by atoms with Gasteiger partial charge in [-0.05, 0) is 35.4 Å². The van der Waals surface area contributed by atoms with Crippen LogP contribution in [0.3, 0.4) is 0 Å². The topological polar surface area (TPSA) is 82.7 Å². The van der Waals surface area contributed by atoms with Crippen molar-refractivity contribution < 1.29 is 14.6 Å². The van der Waals surface area contributed by atoms with Gasteiger partial charge in [-0.2, -0.15) is 5.26 Å². The Kier molecular flexibility index (Phi) is 5.40. The van der Waals surface area contributed by atoms with Gasteiger partial charge in [-0.25, -0.2) is 9.79 Å². The van der Waals surface area contributed by atoms with Gasteiger partial charge >= 0.3 is 5.97 Å². The summed E-state index contributed by atoms with van der Waals surface area (Å²) in [6.07, 6.45) is 0.575. The van der Waals surface area contributed by atoms with E-state index in [1.807, 2.05) is 24.3 Å². The molecular formula is C20H16N2O3S. The smallest absolute Gasteiger partial charge is 0.354 e. The van der Waals surface area contributed by atoms with Gasteiger partial charge in [-0.15, -0.1) is 11.8 Å². The van der Waals surface area contributed by atoms with Crippen LogP contribution in [0.5, 0.6) is 5.75 Å². The number of benzene rings is 2. The van der Waals surface area contributed by atoms with Gasteiger partial charge in [-0.3, -0.25) is 0 Å². The van der Waals surface area contributed by atoms with E-state index < -0.39 is 5.97 Å². The van der Waals surface area contributed by atoms with Gasteiger partial charge < -0.3 is 9.84 Å². The molecule has 1 aliphatic rings. The predicted octanol–water partition coefficient (Wildman–Crippen LogP) is 3.75. The quantitative estimate of drug-likeness (QED) is 0.874. The third-order valence-corrected chi connectivity index (χ3v) is 4.99.